The zero-order chi connectivity index (χ0) is 24.8. The van der Waals surface area contributed by atoms with Crippen LogP contribution in [0.15, 0.2) is 55.0 Å². The number of nitrogens with one attached hydrogen (secondary N) is 2. The van der Waals surface area contributed by atoms with Crippen LogP contribution in [0.25, 0.3) is 0 Å². The van der Waals surface area contributed by atoms with E-state index in [-0.39, 0.29) is 11.8 Å². The van der Waals surface area contributed by atoms with Gasteiger partial charge in [0.1, 0.15) is 11.5 Å². The average Bonchev–Trinajstić information content (AvgIpc) is 2.89. The van der Waals surface area contributed by atoms with Gasteiger partial charge >= 0.3 is 0 Å². The third kappa shape index (κ3) is 5.92. The number of carbonyl (C=O) groups excluding carboxylic acids is 2. The van der Waals surface area contributed by atoms with Crippen LogP contribution >= 0.6 is 0 Å². The van der Waals surface area contributed by atoms with E-state index in [1.54, 1.807) is 29.4 Å². The second-order valence-electron chi connectivity index (χ2n) is 8.98. The van der Waals surface area contributed by atoms with Crippen LogP contribution in [0.5, 0.6) is 0 Å². The van der Waals surface area contributed by atoms with Gasteiger partial charge < -0.3 is 20.4 Å². The number of aryl methyl sites for hydroxylation is 1. The van der Waals surface area contributed by atoms with Gasteiger partial charge in [-0.3, -0.25) is 14.6 Å². The van der Waals surface area contributed by atoms with E-state index in [0.29, 0.717) is 49.2 Å². The molecule has 3 aromatic rings. The lowest BCUT2D eigenvalue weighted by Crippen LogP contribution is -2.49. The predicted octanol–water partition coefficient (Wildman–Crippen LogP) is 3.46. The molecule has 3 aromatic heterocycles. The van der Waals surface area contributed by atoms with Crippen molar-refractivity contribution in [2.75, 3.05) is 48.3 Å². The molecule has 0 unspecified atom stereocenters. The van der Waals surface area contributed by atoms with Crippen LogP contribution in [0.4, 0.5) is 17.3 Å². The number of amides is 2. The second-order valence-corrected chi connectivity index (χ2v) is 8.98. The van der Waals surface area contributed by atoms with Gasteiger partial charge in [0.05, 0.1) is 11.3 Å². The van der Waals surface area contributed by atoms with Crippen molar-refractivity contribution in [2.24, 2.45) is 5.92 Å². The number of hydrogen-bond acceptors (Lipinski definition) is 7. The maximum atomic E-state index is 13.0. The Hall–Kier alpha value is -4.01. The Labute approximate surface area is 205 Å². The highest BCUT2D eigenvalue weighted by Gasteiger charge is 2.25. The van der Waals surface area contributed by atoms with Crippen LogP contribution in [0.3, 0.4) is 0 Å². The Morgan fingerprint density at radius 2 is 1.71 bits per heavy atom. The average molecular weight is 474 g/mol. The van der Waals surface area contributed by atoms with Crippen LogP contribution in [-0.2, 0) is 0 Å². The van der Waals surface area contributed by atoms with E-state index in [9.17, 15) is 9.59 Å². The summed E-state index contributed by atoms with van der Waals surface area (Å²) in [4.78, 5) is 42.5. The number of aromatic nitrogens is 3. The van der Waals surface area contributed by atoms with Crippen LogP contribution in [0.1, 0.15) is 40.3 Å². The fourth-order valence-electron chi connectivity index (χ4n) is 3.84. The maximum Gasteiger partial charge on any atom is 0.272 e. The quantitative estimate of drug-likeness (QED) is 0.542. The molecule has 2 amide bonds. The van der Waals surface area contributed by atoms with E-state index in [4.69, 9.17) is 0 Å². The number of carbonyl (C=O) groups is 2. The summed E-state index contributed by atoms with van der Waals surface area (Å²) in [5.74, 6) is 1.49. The Balaban J connectivity index is 1.35. The van der Waals surface area contributed by atoms with Crippen LogP contribution in [0.2, 0.25) is 0 Å². The predicted molar refractivity (Wildman–Crippen MR) is 137 cm³/mol. The molecular weight excluding hydrogens is 442 g/mol. The fourth-order valence-corrected chi connectivity index (χ4v) is 3.84. The zero-order valence-corrected chi connectivity index (χ0v) is 20.4. The summed E-state index contributed by atoms with van der Waals surface area (Å²) in [7, 11) is 0. The molecule has 182 valence electrons. The van der Waals surface area contributed by atoms with Crippen molar-refractivity contribution in [1.29, 1.82) is 0 Å². The highest BCUT2D eigenvalue weighted by Crippen LogP contribution is 2.24. The third-order valence-corrected chi connectivity index (χ3v) is 5.84. The second kappa shape index (κ2) is 10.9. The summed E-state index contributed by atoms with van der Waals surface area (Å²) in [6.45, 7) is 9.59. The first kappa shape index (κ1) is 24.1. The first-order valence-electron chi connectivity index (χ1n) is 11.8. The van der Waals surface area contributed by atoms with Gasteiger partial charge in [-0.15, -0.1) is 0 Å². The van der Waals surface area contributed by atoms with Crippen molar-refractivity contribution >= 4 is 29.1 Å². The minimum Gasteiger partial charge on any atom is -0.382 e. The van der Waals surface area contributed by atoms with Crippen LogP contribution < -0.4 is 15.5 Å². The molecule has 0 radical (unpaired) electrons. The van der Waals surface area contributed by atoms with Crippen molar-refractivity contribution in [1.82, 2.24) is 19.9 Å². The standard InChI is InChI=1S/C26H31N7O2/c1-18(2)16-29-21-7-5-11-28-24(21)32-12-14-33(15-13-32)26(35)22-9-8-20(17-30-22)25(34)31-23-19(3)6-4-10-27-23/h4-11,17-18,29H,12-16H2,1-3H3,(H,27,31,34). The minimum atomic E-state index is -0.316. The molecule has 0 aliphatic carbocycles. The van der Waals surface area contributed by atoms with E-state index in [1.165, 1.54) is 6.20 Å². The van der Waals surface area contributed by atoms with Crippen molar-refractivity contribution in [3.8, 4) is 0 Å². The lowest BCUT2D eigenvalue weighted by molar-refractivity contribution is 0.0740. The number of nitrogens with zero attached hydrogens (tertiary/aromatic N) is 5. The number of piperazine rings is 1. The summed E-state index contributed by atoms with van der Waals surface area (Å²) >= 11 is 0. The molecule has 1 aliphatic heterocycles. The third-order valence-electron chi connectivity index (χ3n) is 5.84. The molecule has 0 spiro atoms. The molecule has 0 atom stereocenters. The topological polar surface area (TPSA) is 103 Å². The molecule has 1 saturated heterocycles. The number of pyridine rings is 3. The van der Waals surface area contributed by atoms with Crippen molar-refractivity contribution in [3.05, 3.63) is 71.8 Å². The van der Waals surface area contributed by atoms with Gasteiger partial charge in [-0.2, -0.15) is 0 Å². The van der Waals surface area contributed by atoms with Gasteiger partial charge in [-0.05, 0) is 48.7 Å². The van der Waals surface area contributed by atoms with E-state index < -0.39 is 0 Å². The maximum absolute atomic E-state index is 13.0. The Morgan fingerprint density at radius 1 is 0.971 bits per heavy atom. The lowest BCUT2D eigenvalue weighted by Gasteiger charge is -2.36. The number of anilines is 3. The first-order valence-corrected chi connectivity index (χ1v) is 11.8. The first-order chi connectivity index (χ1) is 16.9. The van der Waals surface area contributed by atoms with Gasteiger partial charge in [-0.1, -0.05) is 19.9 Å². The Kier molecular flexibility index (Phi) is 7.54. The Bertz CT molecular complexity index is 1170. The van der Waals surface area contributed by atoms with Gasteiger partial charge in [0, 0.05) is 51.3 Å². The minimum absolute atomic E-state index is 0.142. The summed E-state index contributed by atoms with van der Waals surface area (Å²) in [5.41, 5.74) is 2.57. The molecule has 0 saturated carbocycles. The van der Waals surface area contributed by atoms with Gasteiger partial charge in [-0.25, -0.2) is 9.97 Å². The van der Waals surface area contributed by atoms with Crippen molar-refractivity contribution in [3.63, 3.8) is 0 Å². The van der Waals surface area contributed by atoms with E-state index in [0.717, 1.165) is 23.6 Å². The molecule has 4 heterocycles. The van der Waals surface area contributed by atoms with Gasteiger partial charge in [0.15, 0.2) is 5.82 Å². The molecule has 1 fully saturated rings. The zero-order valence-electron chi connectivity index (χ0n) is 20.4. The monoisotopic (exact) mass is 473 g/mol. The fraction of sp³-hybridized carbons (Fsp3) is 0.346. The molecule has 1 aliphatic rings. The highest BCUT2D eigenvalue weighted by atomic mass is 16.2. The van der Waals surface area contributed by atoms with Gasteiger partial charge in [0.25, 0.3) is 11.8 Å². The van der Waals surface area contributed by atoms with Crippen molar-refractivity contribution < 1.29 is 9.59 Å². The summed E-state index contributed by atoms with van der Waals surface area (Å²) in [6.07, 6.45) is 4.85. The summed E-state index contributed by atoms with van der Waals surface area (Å²) in [6, 6.07) is 10.9. The van der Waals surface area contributed by atoms with E-state index in [2.05, 4.69) is 44.3 Å². The van der Waals surface area contributed by atoms with E-state index >= 15 is 0 Å². The lowest BCUT2D eigenvalue weighted by atomic mass is 10.2. The molecule has 2 N–H and O–H groups in total. The number of hydrogen-bond donors (Lipinski definition) is 2. The normalized spacial score (nSPS) is 13.6. The summed E-state index contributed by atoms with van der Waals surface area (Å²) in [5, 5.41) is 6.25. The van der Waals surface area contributed by atoms with E-state index in [1.807, 2.05) is 31.2 Å². The van der Waals surface area contributed by atoms with Crippen LogP contribution in [-0.4, -0.2) is 64.4 Å². The molecule has 0 aromatic carbocycles. The number of rotatable bonds is 7. The largest absolute Gasteiger partial charge is 0.382 e. The molecular formula is C26H31N7O2. The molecule has 35 heavy (non-hydrogen) atoms. The molecule has 9 nitrogen and oxygen atoms in total. The molecule has 0 bridgehead atoms. The van der Waals surface area contributed by atoms with Crippen molar-refractivity contribution in [2.45, 2.75) is 20.8 Å². The summed E-state index contributed by atoms with van der Waals surface area (Å²) < 4.78 is 0. The molecule has 9 heteroatoms. The smallest absolute Gasteiger partial charge is 0.272 e. The molecule has 4 rings (SSSR count). The Morgan fingerprint density at radius 3 is 2.40 bits per heavy atom. The van der Waals surface area contributed by atoms with Gasteiger partial charge in [0.2, 0.25) is 0 Å². The SMILES string of the molecule is Cc1cccnc1NC(=O)c1ccc(C(=O)N2CCN(c3ncccc3NCC(C)C)CC2)nc1. The highest BCUT2D eigenvalue weighted by molar-refractivity contribution is 6.04. The van der Waals surface area contributed by atoms with Crippen LogP contribution in [0, 0.1) is 12.8 Å².